The summed E-state index contributed by atoms with van der Waals surface area (Å²) in [6.45, 7) is 8.53. The van der Waals surface area contributed by atoms with Crippen LogP contribution in [0.1, 0.15) is 43.4 Å². The van der Waals surface area contributed by atoms with E-state index in [1.54, 1.807) is 6.07 Å². The first kappa shape index (κ1) is 10.1. The zero-order valence-corrected chi connectivity index (χ0v) is 8.89. The SMILES string of the molecule is CCc1c(O)ccc(C(C)C)c1C. The summed E-state index contributed by atoms with van der Waals surface area (Å²) in [6, 6.07) is 3.83. The van der Waals surface area contributed by atoms with E-state index in [1.165, 1.54) is 11.1 Å². The van der Waals surface area contributed by atoms with E-state index in [2.05, 4.69) is 27.7 Å². The van der Waals surface area contributed by atoms with E-state index in [-0.39, 0.29) is 0 Å². The maximum absolute atomic E-state index is 9.60. The van der Waals surface area contributed by atoms with Gasteiger partial charge in [0, 0.05) is 0 Å². The second-order valence-corrected chi connectivity index (χ2v) is 3.79. The molecule has 0 aliphatic carbocycles. The number of aromatic hydroxyl groups is 1. The van der Waals surface area contributed by atoms with Gasteiger partial charge in [0.1, 0.15) is 5.75 Å². The van der Waals surface area contributed by atoms with Crippen molar-refractivity contribution < 1.29 is 5.11 Å². The van der Waals surface area contributed by atoms with Crippen LogP contribution in [0, 0.1) is 6.92 Å². The highest BCUT2D eigenvalue weighted by Gasteiger charge is 2.09. The summed E-state index contributed by atoms with van der Waals surface area (Å²) in [4.78, 5) is 0. The topological polar surface area (TPSA) is 20.2 Å². The fraction of sp³-hybridized carbons (Fsp3) is 0.500. The first-order chi connectivity index (χ1) is 6.07. The summed E-state index contributed by atoms with van der Waals surface area (Å²) >= 11 is 0. The van der Waals surface area contributed by atoms with Gasteiger partial charge in [-0.1, -0.05) is 26.8 Å². The highest BCUT2D eigenvalue weighted by Crippen LogP contribution is 2.28. The third kappa shape index (κ3) is 1.85. The maximum Gasteiger partial charge on any atom is 0.119 e. The van der Waals surface area contributed by atoms with Gasteiger partial charge in [0.25, 0.3) is 0 Å². The van der Waals surface area contributed by atoms with Gasteiger partial charge in [0.2, 0.25) is 0 Å². The molecule has 1 aromatic rings. The number of hydrogen-bond donors (Lipinski definition) is 1. The minimum absolute atomic E-state index is 0.435. The van der Waals surface area contributed by atoms with E-state index < -0.39 is 0 Å². The molecular weight excluding hydrogens is 160 g/mol. The van der Waals surface area contributed by atoms with Crippen LogP contribution in [0.4, 0.5) is 0 Å². The van der Waals surface area contributed by atoms with E-state index >= 15 is 0 Å². The predicted octanol–water partition coefficient (Wildman–Crippen LogP) is 3.39. The van der Waals surface area contributed by atoms with E-state index in [0.717, 1.165) is 12.0 Å². The molecule has 0 unspecified atom stereocenters. The van der Waals surface area contributed by atoms with Crippen LogP contribution < -0.4 is 0 Å². The molecule has 72 valence electrons. The summed E-state index contributed by atoms with van der Waals surface area (Å²) in [5.74, 6) is 0.968. The molecule has 0 saturated heterocycles. The van der Waals surface area contributed by atoms with Crippen molar-refractivity contribution in [1.29, 1.82) is 0 Å². The number of rotatable bonds is 2. The van der Waals surface area contributed by atoms with Crippen LogP contribution in [-0.2, 0) is 6.42 Å². The van der Waals surface area contributed by atoms with Crippen molar-refractivity contribution in [3.63, 3.8) is 0 Å². The molecule has 0 aliphatic heterocycles. The lowest BCUT2D eigenvalue weighted by Crippen LogP contribution is -1.96. The van der Waals surface area contributed by atoms with Gasteiger partial charge in [-0.25, -0.2) is 0 Å². The third-order valence-electron chi connectivity index (χ3n) is 2.59. The second kappa shape index (κ2) is 3.82. The van der Waals surface area contributed by atoms with E-state index in [4.69, 9.17) is 0 Å². The Kier molecular flexibility index (Phi) is 2.97. The minimum atomic E-state index is 0.435. The van der Waals surface area contributed by atoms with Crippen molar-refractivity contribution in [2.75, 3.05) is 0 Å². The molecule has 0 heterocycles. The van der Waals surface area contributed by atoms with Gasteiger partial charge in [-0.2, -0.15) is 0 Å². The molecule has 1 N–H and O–H groups in total. The van der Waals surface area contributed by atoms with Crippen LogP contribution in [0.5, 0.6) is 5.75 Å². The Morgan fingerprint density at radius 2 is 1.92 bits per heavy atom. The number of phenols is 1. The van der Waals surface area contributed by atoms with Crippen LogP contribution >= 0.6 is 0 Å². The average Bonchev–Trinajstić information content (AvgIpc) is 2.04. The van der Waals surface area contributed by atoms with Crippen LogP contribution in [0.2, 0.25) is 0 Å². The molecule has 0 saturated carbocycles. The van der Waals surface area contributed by atoms with Crippen molar-refractivity contribution in [2.24, 2.45) is 0 Å². The summed E-state index contributed by atoms with van der Waals surface area (Å²) < 4.78 is 0. The molecular formula is C12H18O. The first-order valence-corrected chi connectivity index (χ1v) is 4.89. The van der Waals surface area contributed by atoms with Crippen LogP contribution in [0.25, 0.3) is 0 Å². The van der Waals surface area contributed by atoms with Gasteiger partial charge >= 0.3 is 0 Å². The van der Waals surface area contributed by atoms with Crippen molar-refractivity contribution in [3.8, 4) is 5.75 Å². The molecule has 13 heavy (non-hydrogen) atoms. The molecule has 1 rings (SSSR count). The Hall–Kier alpha value is -0.980. The van der Waals surface area contributed by atoms with Crippen molar-refractivity contribution in [1.82, 2.24) is 0 Å². The maximum atomic E-state index is 9.60. The molecule has 1 aromatic carbocycles. The molecule has 0 atom stereocenters. The van der Waals surface area contributed by atoms with Crippen LogP contribution in [0.15, 0.2) is 12.1 Å². The minimum Gasteiger partial charge on any atom is -0.508 e. The summed E-state index contributed by atoms with van der Waals surface area (Å²) in [5, 5.41) is 9.60. The molecule has 0 amide bonds. The van der Waals surface area contributed by atoms with Gasteiger partial charge in [-0.05, 0) is 42.0 Å². The largest absolute Gasteiger partial charge is 0.508 e. The lowest BCUT2D eigenvalue weighted by molar-refractivity contribution is 0.467. The van der Waals surface area contributed by atoms with Crippen molar-refractivity contribution in [2.45, 2.75) is 40.0 Å². The van der Waals surface area contributed by atoms with Crippen LogP contribution in [0.3, 0.4) is 0 Å². The molecule has 0 aliphatic rings. The van der Waals surface area contributed by atoms with E-state index in [1.807, 2.05) is 6.07 Å². The lowest BCUT2D eigenvalue weighted by atomic mass is 9.93. The molecule has 0 aromatic heterocycles. The zero-order valence-electron chi connectivity index (χ0n) is 8.89. The van der Waals surface area contributed by atoms with Gasteiger partial charge in [0.05, 0.1) is 0 Å². The van der Waals surface area contributed by atoms with Crippen molar-refractivity contribution in [3.05, 3.63) is 28.8 Å². The van der Waals surface area contributed by atoms with Crippen molar-refractivity contribution >= 4 is 0 Å². The molecule has 1 nitrogen and oxygen atoms in total. The molecule has 0 bridgehead atoms. The second-order valence-electron chi connectivity index (χ2n) is 3.79. The number of benzene rings is 1. The molecule has 0 fully saturated rings. The molecule has 0 spiro atoms. The van der Waals surface area contributed by atoms with Gasteiger partial charge < -0.3 is 5.11 Å². The smallest absolute Gasteiger partial charge is 0.119 e. The van der Waals surface area contributed by atoms with Gasteiger partial charge in [0.15, 0.2) is 0 Å². The lowest BCUT2D eigenvalue weighted by Gasteiger charge is -2.14. The number of phenolic OH excluding ortho intramolecular Hbond substituents is 1. The highest BCUT2D eigenvalue weighted by atomic mass is 16.3. The fourth-order valence-corrected chi connectivity index (χ4v) is 1.83. The molecule has 0 radical (unpaired) electrons. The Bertz CT molecular complexity index is 300. The van der Waals surface area contributed by atoms with E-state index in [9.17, 15) is 5.11 Å². The highest BCUT2D eigenvalue weighted by molar-refractivity contribution is 5.44. The standard InChI is InChI=1S/C12H18O/c1-5-10-9(4)11(8(2)3)6-7-12(10)13/h6-8,13H,5H2,1-4H3. The third-order valence-corrected chi connectivity index (χ3v) is 2.59. The monoisotopic (exact) mass is 178 g/mol. The summed E-state index contributed by atoms with van der Waals surface area (Å²) in [6.07, 6.45) is 0.901. The Balaban J connectivity index is 3.27. The molecule has 1 heteroatoms. The van der Waals surface area contributed by atoms with Crippen LogP contribution in [-0.4, -0.2) is 5.11 Å². The summed E-state index contributed by atoms with van der Waals surface area (Å²) in [7, 11) is 0. The predicted molar refractivity (Wildman–Crippen MR) is 56.3 cm³/mol. The quantitative estimate of drug-likeness (QED) is 0.736. The Labute approximate surface area is 80.4 Å². The Morgan fingerprint density at radius 1 is 1.31 bits per heavy atom. The fourth-order valence-electron chi connectivity index (χ4n) is 1.83. The van der Waals surface area contributed by atoms with E-state index in [0.29, 0.717) is 11.7 Å². The Morgan fingerprint density at radius 3 is 2.38 bits per heavy atom. The van der Waals surface area contributed by atoms with Gasteiger partial charge in [-0.3, -0.25) is 0 Å². The number of hydrogen-bond acceptors (Lipinski definition) is 1. The van der Waals surface area contributed by atoms with Gasteiger partial charge in [-0.15, -0.1) is 0 Å². The summed E-state index contributed by atoms with van der Waals surface area (Å²) in [5.41, 5.74) is 3.68. The zero-order chi connectivity index (χ0) is 10.0. The average molecular weight is 178 g/mol. The normalized spacial score (nSPS) is 10.8. The first-order valence-electron chi connectivity index (χ1n) is 4.89.